The van der Waals surface area contributed by atoms with Crippen molar-refractivity contribution in [3.05, 3.63) is 29.1 Å². The first-order valence-corrected chi connectivity index (χ1v) is 10.2. The van der Waals surface area contributed by atoms with Crippen LogP contribution in [0, 0.1) is 0 Å². The average Bonchev–Trinajstić information content (AvgIpc) is 2.78. The number of nitrogens with one attached hydrogen (secondary N) is 1. The standard InChI is InChI=1S/C19H28ClN3O3S/c1-9-12-10-13-14(15(20)21-12)23(16(24)26-17(2,3)4)11-19(13,8)22-27(25)18(5,6)7/h9-10,22H,1,11H2,2-8H3/t19-,27?/m0/s1. The highest BCUT2D eigenvalue weighted by molar-refractivity contribution is 7.84. The molecule has 0 aromatic carbocycles. The van der Waals surface area contributed by atoms with E-state index in [1.165, 1.54) is 4.90 Å². The van der Waals surface area contributed by atoms with Gasteiger partial charge in [0.2, 0.25) is 0 Å². The zero-order valence-electron chi connectivity index (χ0n) is 17.0. The van der Waals surface area contributed by atoms with E-state index in [4.69, 9.17) is 16.3 Å². The molecule has 0 radical (unpaired) electrons. The van der Waals surface area contributed by atoms with Gasteiger partial charge in [-0.15, -0.1) is 0 Å². The van der Waals surface area contributed by atoms with Crippen molar-refractivity contribution in [2.75, 3.05) is 11.4 Å². The molecule has 1 aromatic rings. The number of amides is 1. The number of rotatable bonds is 3. The number of nitrogens with zero attached hydrogens (tertiary/aromatic N) is 2. The summed E-state index contributed by atoms with van der Waals surface area (Å²) in [7, 11) is -1.35. The molecule has 150 valence electrons. The Morgan fingerprint density at radius 2 is 2.00 bits per heavy atom. The number of hydrogen-bond acceptors (Lipinski definition) is 4. The molecule has 27 heavy (non-hydrogen) atoms. The van der Waals surface area contributed by atoms with E-state index in [-0.39, 0.29) is 11.7 Å². The first kappa shape index (κ1) is 21.9. The maximum Gasteiger partial charge on any atom is 0.414 e. The molecule has 0 bridgehead atoms. The van der Waals surface area contributed by atoms with Crippen molar-refractivity contribution < 1.29 is 13.7 Å². The van der Waals surface area contributed by atoms with Crippen molar-refractivity contribution in [2.24, 2.45) is 0 Å². The Labute approximate surface area is 168 Å². The van der Waals surface area contributed by atoms with Crippen LogP contribution in [0.15, 0.2) is 12.6 Å². The van der Waals surface area contributed by atoms with E-state index in [1.54, 1.807) is 26.8 Å². The van der Waals surface area contributed by atoms with Gasteiger partial charge in [-0.1, -0.05) is 18.2 Å². The van der Waals surface area contributed by atoms with Gasteiger partial charge in [0.25, 0.3) is 0 Å². The van der Waals surface area contributed by atoms with Gasteiger partial charge in [0, 0.05) is 5.56 Å². The molecule has 1 aromatic heterocycles. The second kappa shape index (κ2) is 7.18. The third-order valence-corrected chi connectivity index (χ3v) is 6.02. The topological polar surface area (TPSA) is 71.5 Å². The highest BCUT2D eigenvalue weighted by Gasteiger charge is 2.46. The molecule has 1 aliphatic heterocycles. The van der Waals surface area contributed by atoms with Gasteiger partial charge in [-0.3, -0.25) is 4.90 Å². The number of ether oxygens (including phenoxy) is 1. The Kier molecular flexibility index (Phi) is 5.82. The maximum atomic E-state index is 12.8. The summed E-state index contributed by atoms with van der Waals surface area (Å²) in [5.74, 6) is 0. The van der Waals surface area contributed by atoms with Gasteiger partial charge in [-0.2, -0.15) is 0 Å². The number of carbonyl (C=O) groups excluding carboxylic acids is 1. The van der Waals surface area contributed by atoms with E-state index in [0.29, 0.717) is 11.4 Å². The predicted octanol–water partition coefficient (Wildman–Crippen LogP) is 4.40. The largest absolute Gasteiger partial charge is 0.443 e. The van der Waals surface area contributed by atoms with Crippen LogP contribution in [-0.4, -0.2) is 32.2 Å². The second-order valence-corrected chi connectivity index (χ2v) is 11.1. The van der Waals surface area contributed by atoms with Gasteiger partial charge in [0.15, 0.2) is 5.15 Å². The molecule has 6 nitrogen and oxygen atoms in total. The lowest BCUT2D eigenvalue weighted by Crippen LogP contribution is -2.49. The van der Waals surface area contributed by atoms with Crippen LogP contribution in [0.1, 0.15) is 59.7 Å². The summed E-state index contributed by atoms with van der Waals surface area (Å²) < 4.78 is 21.0. The Hall–Kier alpha value is -1.44. The molecule has 8 heteroatoms. The molecule has 0 spiro atoms. The highest BCUT2D eigenvalue weighted by atomic mass is 35.5. The Bertz CT molecular complexity index is 799. The van der Waals surface area contributed by atoms with E-state index >= 15 is 0 Å². The lowest BCUT2D eigenvalue weighted by atomic mass is 9.96. The summed E-state index contributed by atoms with van der Waals surface area (Å²) in [6.07, 6.45) is 1.06. The average molecular weight is 414 g/mol. The molecular formula is C19H28ClN3O3S. The lowest BCUT2D eigenvalue weighted by Gasteiger charge is -2.31. The molecule has 1 aliphatic rings. The predicted molar refractivity (Wildman–Crippen MR) is 111 cm³/mol. The third-order valence-electron chi connectivity index (χ3n) is 4.01. The molecule has 2 heterocycles. The van der Waals surface area contributed by atoms with Crippen molar-refractivity contribution in [1.82, 2.24) is 9.71 Å². The van der Waals surface area contributed by atoms with Crippen molar-refractivity contribution in [3.63, 3.8) is 0 Å². The van der Waals surface area contributed by atoms with Crippen LogP contribution in [0.3, 0.4) is 0 Å². The van der Waals surface area contributed by atoms with Crippen LogP contribution in [0.25, 0.3) is 6.08 Å². The number of carbonyl (C=O) groups is 1. The zero-order chi connectivity index (χ0) is 20.8. The molecule has 1 unspecified atom stereocenters. The van der Waals surface area contributed by atoms with Crippen LogP contribution < -0.4 is 9.62 Å². The summed E-state index contributed by atoms with van der Waals surface area (Å²) in [5.41, 5.74) is 0.353. The number of fused-ring (bicyclic) bond motifs is 1. The number of aromatic nitrogens is 1. The van der Waals surface area contributed by atoms with Gasteiger partial charge in [0.1, 0.15) is 5.60 Å². The minimum atomic E-state index is -1.35. The van der Waals surface area contributed by atoms with Gasteiger partial charge >= 0.3 is 6.09 Å². The van der Waals surface area contributed by atoms with Crippen molar-refractivity contribution in [3.8, 4) is 0 Å². The van der Waals surface area contributed by atoms with Crippen molar-refractivity contribution in [2.45, 2.75) is 64.4 Å². The Morgan fingerprint density at radius 1 is 1.41 bits per heavy atom. The lowest BCUT2D eigenvalue weighted by molar-refractivity contribution is 0.0578. The summed E-state index contributed by atoms with van der Waals surface area (Å²) in [5, 5.41) is 0.181. The SMILES string of the molecule is C=Cc1cc2c(c(Cl)n1)N(C(=O)OC(C)(C)C)C[C@]2(C)NS(=O)C(C)(C)C. The van der Waals surface area contributed by atoms with E-state index < -0.39 is 33.0 Å². The van der Waals surface area contributed by atoms with E-state index in [1.807, 2.05) is 33.8 Å². The van der Waals surface area contributed by atoms with E-state index in [9.17, 15) is 9.00 Å². The fourth-order valence-corrected chi connectivity index (χ4v) is 3.90. The fraction of sp³-hybridized carbons (Fsp3) is 0.579. The number of anilines is 1. The van der Waals surface area contributed by atoms with E-state index in [0.717, 1.165) is 5.56 Å². The van der Waals surface area contributed by atoms with Crippen LogP contribution >= 0.6 is 11.6 Å². The molecular weight excluding hydrogens is 386 g/mol. The molecule has 0 fully saturated rings. The molecule has 2 rings (SSSR count). The van der Waals surface area contributed by atoms with Crippen LogP contribution in [-0.2, 0) is 21.3 Å². The monoisotopic (exact) mass is 413 g/mol. The van der Waals surface area contributed by atoms with Gasteiger partial charge < -0.3 is 4.74 Å². The number of halogens is 1. The van der Waals surface area contributed by atoms with Crippen molar-refractivity contribution in [1.29, 1.82) is 0 Å². The number of pyridine rings is 1. The molecule has 0 aliphatic carbocycles. The van der Waals surface area contributed by atoms with Crippen LogP contribution in [0.2, 0.25) is 5.15 Å². The molecule has 1 N–H and O–H groups in total. The minimum absolute atomic E-state index is 0.181. The van der Waals surface area contributed by atoms with Crippen LogP contribution in [0.4, 0.5) is 10.5 Å². The number of hydrogen-bond donors (Lipinski definition) is 1. The Morgan fingerprint density at radius 3 is 2.48 bits per heavy atom. The zero-order valence-corrected chi connectivity index (χ0v) is 18.5. The van der Waals surface area contributed by atoms with E-state index in [2.05, 4.69) is 16.3 Å². The summed E-state index contributed by atoms with van der Waals surface area (Å²) in [6.45, 7) is 16.9. The summed E-state index contributed by atoms with van der Waals surface area (Å²) in [6, 6.07) is 1.81. The second-order valence-electron chi connectivity index (χ2n) is 8.82. The fourth-order valence-electron chi connectivity index (χ4n) is 2.71. The van der Waals surface area contributed by atoms with Gasteiger partial charge in [-0.05, 0) is 60.6 Å². The van der Waals surface area contributed by atoms with Crippen molar-refractivity contribution >= 4 is 40.4 Å². The molecule has 2 atom stereocenters. The Balaban J connectivity index is 2.55. The third kappa shape index (κ3) is 4.70. The molecule has 0 saturated carbocycles. The summed E-state index contributed by atoms with van der Waals surface area (Å²) >= 11 is 6.41. The summed E-state index contributed by atoms with van der Waals surface area (Å²) in [4.78, 5) is 18.5. The molecule has 1 amide bonds. The van der Waals surface area contributed by atoms with Gasteiger partial charge in [0.05, 0.1) is 39.2 Å². The quantitative estimate of drug-likeness (QED) is 0.745. The maximum absolute atomic E-state index is 12.8. The van der Waals surface area contributed by atoms with Gasteiger partial charge in [-0.25, -0.2) is 18.7 Å². The molecule has 0 saturated heterocycles. The van der Waals surface area contributed by atoms with Crippen LogP contribution in [0.5, 0.6) is 0 Å². The smallest absolute Gasteiger partial charge is 0.414 e. The minimum Gasteiger partial charge on any atom is -0.443 e. The first-order chi connectivity index (χ1) is 12.2. The first-order valence-electron chi connectivity index (χ1n) is 8.71. The highest BCUT2D eigenvalue weighted by Crippen LogP contribution is 2.44. The normalized spacial score (nSPS) is 21.0.